The molecule has 0 bridgehead atoms. The fourth-order valence-corrected chi connectivity index (χ4v) is 3.67. The van der Waals surface area contributed by atoms with Crippen molar-refractivity contribution in [2.45, 2.75) is 25.3 Å². The molecule has 1 aromatic rings. The molecule has 0 aliphatic carbocycles. The van der Waals surface area contributed by atoms with Crippen LogP contribution in [0.2, 0.25) is 0 Å². The molecule has 0 spiro atoms. The van der Waals surface area contributed by atoms with E-state index < -0.39 is 10.0 Å². The van der Waals surface area contributed by atoms with Gasteiger partial charge in [0.15, 0.2) is 0 Å². The van der Waals surface area contributed by atoms with E-state index in [1.807, 2.05) is 12.1 Å². The summed E-state index contributed by atoms with van der Waals surface area (Å²) in [6.07, 6.45) is 6.20. The number of aromatic nitrogens is 1. The number of hydrogen-bond acceptors (Lipinski definition) is 4. The molecule has 0 aromatic carbocycles. The van der Waals surface area contributed by atoms with Crippen LogP contribution >= 0.6 is 0 Å². The zero-order valence-corrected chi connectivity index (χ0v) is 12.1. The molecule has 1 fully saturated rings. The molecule has 2 heterocycles. The van der Waals surface area contributed by atoms with Gasteiger partial charge in [0.05, 0.1) is 5.75 Å². The lowest BCUT2D eigenvalue weighted by atomic mass is 10.2. The second-order valence-electron chi connectivity index (χ2n) is 5.00. The normalized spacial score (nSPS) is 20.0. The van der Waals surface area contributed by atoms with Crippen molar-refractivity contribution in [1.82, 2.24) is 14.6 Å². The molecule has 1 atom stereocenters. The highest BCUT2D eigenvalue weighted by Gasteiger charge is 2.25. The van der Waals surface area contributed by atoms with Gasteiger partial charge in [0.25, 0.3) is 0 Å². The third-order valence-electron chi connectivity index (χ3n) is 3.51. The lowest BCUT2D eigenvalue weighted by Crippen LogP contribution is -2.38. The van der Waals surface area contributed by atoms with E-state index in [9.17, 15) is 8.42 Å². The smallest absolute Gasteiger partial charge is 0.215 e. The van der Waals surface area contributed by atoms with Gasteiger partial charge in [0, 0.05) is 32.0 Å². The predicted octanol–water partition coefficient (Wildman–Crippen LogP) is 0.638. The quantitative estimate of drug-likeness (QED) is 0.832. The van der Waals surface area contributed by atoms with Crippen LogP contribution in [0.3, 0.4) is 0 Å². The minimum Gasteiger partial charge on any atom is -0.313 e. The van der Waals surface area contributed by atoms with Crippen molar-refractivity contribution in [3.63, 3.8) is 0 Å². The molecule has 1 saturated heterocycles. The van der Waals surface area contributed by atoms with Crippen molar-refractivity contribution >= 4 is 10.0 Å². The first kappa shape index (κ1) is 14.4. The molecular weight excluding hydrogens is 262 g/mol. The first-order valence-corrected chi connectivity index (χ1v) is 8.25. The predicted molar refractivity (Wildman–Crippen MR) is 75.4 cm³/mol. The van der Waals surface area contributed by atoms with Gasteiger partial charge in [0.1, 0.15) is 0 Å². The molecule has 1 aliphatic rings. The fraction of sp³-hybridized carbons (Fsp3) is 0.615. The van der Waals surface area contributed by atoms with Crippen LogP contribution in [0.15, 0.2) is 24.5 Å². The van der Waals surface area contributed by atoms with Crippen LogP contribution in [-0.2, 0) is 16.4 Å². The average Bonchev–Trinajstić information content (AvgIpc) is 2.89. The van der Waals surface area contributed by atoms with Crippen LogP contribution in [0.1, 0.15) is 18.4 Å². The summed E-state index contributed by atoms with van der Waals surface area (Å²) >= 11 is 0. The standard InChI is InChI=1S/C13H21N3O2S/c1-16(10-6-12-4-8-14-9-5-12)19(17,18)11-13-3-2-7-15-13/h4-5,8-9,13,15H,2-3,6-7,10-11H2,1H3. The Labute approximate surface area is 115 Å². The number of likely N-dealkylation sites (N-methyl/N-ethyl adjacent to an activating group) is 1. The molecule has 0 radical (unpaired) electrons. The van der Waals surface area contributed by atoms with Gasteiger partial charge in [-0.1, -0.05) is 0 Å². The highest BCUT2D eigenvalue weighted by molar-refractivity contribution is 7.89. The summed E-state index contributed by atoms with van der Waals surface area (Å²) in [6, 6.07) is 3.95. The summed E-state index contributed by atoms with van der Waals surface area (Å²) in [5.41, 5.74) is 1.11. The molecule has 19 heavy (non-hydrogen) atoms. The number of sulfonamides is 1. The third kappa shape index (κ3) is 4.26. The van der Waals surface area contributed by atoms with Gasteiger partial charge in [-0.3, -0.25) is 4.98 Å². The Kier molecular flexibility index (Phi) is 4.90. The van der Waals surface area contributed by atoms with E-state index in [4.69, 9.17) is 0 Å². The molecule has 106 valence electrons. The second-order valence-corrected chi connectivity index (χ2v) is 7.12. The van der Waals surface area contributed by atoms with Gasteiger partial charge >= 0.3 is 0 Å². The van der Waals surface area contributed by atoms with E-state index in [-0.39, 0.29) is 11.8 Å². The number of hydrogen-bond donors (Lipinski definition) is 1. The zero-order chi connectivity index (χ0) is 13.7. The maximum Gasteiger partial charge on any atom is 0.215 e. The van der Waals surface area contributed by atoms with Crippen molar-refractivity contribution < 1.29 is 8.42 Å². The highest BCUT2D eigenvalue weighted by Crippen LogP contribution is 2.10. The van der Waals surface area contributed by atoms with Gasteiger partial charge in [-0.25, -0.2) is 12.7 Å². The lowest BCUT2D eigenvalue weighted by Gasteiger charge is -2.19. The summed E-state index contributed by atoms with van der Waals surface area (Å²) in [5, 5.41) is 3.23. The molecule has 0 saturated carbocycles. The molecule has 1 aliphatic heterocycles. The van der Waals surface area contributed by atoms with E-state index >= 15 is 0 Å². The first-order valence-electron chi connectivity index (χ1n) is 6.64. The summed E-state index contributed by atoms with van der Waals surface area (Å²) in [6.45, 7) is 1.44. The Hall–Kier alpha value is -0.980. The van der Waals surface area contributed by atoms with E-state index in [0.717, 1.165) is 31.4 Å². The van der Waals surface area contributed by atoms with E-state index in [1.165, 1.54) is 4.31 Å². The van der Waals surface area contributed by atoms with Crippen LogP contribution in [0.25, 0.3) is 0 Å². The summed E-state index contributed by atoms with van der Waals surface area (Å²) in [5.74, 6) is 0.208. The molecule has 0 amide bonds. The Morgan fingerprint density at radius 2 is 2.16 bits per heavy atom. The number of rotatable bonds is 6. The van der Waals surface area contributed by atoms with Crippen LogP contribution in [0.4, 0.5) is 0 Å². The average molecular weight is 283 g/mol. The van der Waals surface area contributed by atoms with E-state index in [0.29, 0.717) is 6.54 Å². The topological polar surface area (TPSA) is 62.3 Å². The van der Waals surface area contributed by atoms with Crippen LogP contribution < -0.4 is 5.32 Å². The van der Waals surface area contributed by atoms with Crippen molar-refractivity contribution in [1.29, 1.82) is 0 Å². The van der Waals surface area contributed by atoms with Crippen molar-refractivity contribution in [2.75, 3.05) is 25.9 Å². The van der Waals surface area contributed by atoms with Crippen LogP contribution in [-0.4, -0.2) is 49.6 Å². The number of nitrogens with zero attached hydrogens (tertiary/aromatic N) is 2. The second kappa shape index (κ2) is 6.45. The largest absolute Gasteiger partial charge is 0.313 e. The van der Waals surface area contributed by atoms with Gasteiger partial charge in [-0.2, -0.15) is 0 Å². The summed E-state index contributed by atoms with van der Waals surface area (Å²) < 4.78 is 25.8. The Bertz CT molecular complexity index is 484. The Balaban J connectivity index is 1.85. The molecule has 5 nitrogen and oxygen atoms in total. The monoisotopic (exact) mass is 283 g/mol. The number of nitrogens with one attached hydrogen (secondary N) is 1. The Morgan fingerprint density at radius 1 is 1.42 bits per heavy atom. The van der Waals surface area contributed by atoms with Gasteiger partial charge < -0.3 is 5.32 Å². The molecule has 1 N–H and O–H groups in total. The first-order chi connectivity index (χ1) is 9.08. The van der Waals surface area contributed by atoms with Gasteiger partial charge in [-0.05, 0) is 43.5 Å². The van der Waals surface area contributed by atoms with E-state index in [2.05, 4.69) is 10.3 Å². The molecule has 1 aromatic heterocycles. The van der Waals surface area contributed by atoms with Crippen LogP contribution in [0, 0.1) is 0 Å². The van der Waals surface area contributed by atoms with Gasteiger partial charge in [0.2, 0.25) is 10.0 Å². The van der Waals surface area contributed by atoms with Crippen LogP contribution in [0.5, 0.6) is 0 Å². The third-order valence-corrected chi connectivity index (χ3v) is 5.47. The molecule has 2 rings (SSSR count). The lowest BCUT2D eigenvalue weighted by molar-refractivity contribution is 0.465. The fourth-order valence-electron chi connectivity index (χ4n) is 2.26. The van der Waals surface area contributed by atoms with Crippen molar-refractivity contribution in [3.8, 4) is 0 Å². The SMILES string of the molecule is CN(CCc1ccncc1)S(=O)(=O)CC1CCCN1. The van der Waals surface area contributed by atoms with E-state index in [1.54, 1.807) is 19.4 Å². The molecule has 1 unspecified atom stereocenters. The minimum absolute atomic E-state index is 0.119. The summed E-state index contributed by atoms with van der Waals surface area (Å²) in [4.78, 5) is 3.95. The number of pyridine rings is 1. The summed E-state index contributed by atoms with van der Waals surface area (Å²) in [7, 11) is -1.50. The zero-order valence-electron chi connectivity index (χ0n) is 11.2. The molecular formula is C13H21N3O2S. The maximum atomic E-state index is 12.2. The molecule has 6 heteroatoms. The van der Waals surface area contributed by atoms with Gasteiger partial charge in [-0.15, -0.1) is 0 Å². The highest BCUT2D eigenvalue weighted by atomic mass is 32.2. The maximum absolute atomic E-state index is 12.2. The minimum atomic E-state index is -3.16. The van der Waals surface area contributed by atoms with Crippen molar-refractivity contribution in [3.05, 3.63) is 30.1 Å². The Morgan fingerprint density at radius 3 is 2.79 bits per heavy atom. The van der Waals surface area contributed by atoms with Crippen molar-refractivity contribution in [2.24, 2.45) is 0 Å².